The van der Waals surface area contributed by atoms with Gasteiger partial charge >= 0.3 is 5.97 Å². The first-order valence-corrected chi connectivity index (χ1v) is 11.4. The molecule has 2 atom stereocenters. The van der Waals surface area contributed by atoms with Crippen molar-refractivity contribution < 1.29 is 23.9 Å². The van der Waals surface area contributed by atoms with E-state index in [-0.39, 0.29) is 31.4 Å². The SMILES string of the molecule is CC(Oc1ccc(Cl)cc1Br)C(=O)N1CCNC(=O)C1CC(=O)OCCc1ccccc1. The number of carbonyl (C=O) groups is 3. The molecule has 32 heavy (non-hydrogen) atoms. The zero-order valence-corrected chi connectivity index (χ0v) is 19.9. The van der Waals surface area contributed by atoms with Crippen LogP contribution in [-0.4, -0.2) is 54.5 Å². The van der Waals surface area contributed by atoms with Gasteiger partial charge in [-0.05, 0) is 46.6 Å². The largest absolute Gasteiger partial charge is 0.480 e. The van der Waals surface area contributed by atoms with Crippen molar-refractivity contribution in [3.8, 4) is 5.75 Å². The molecule has 1 heterocycles. The summed E-state index contributed by atoms with van der Waals surface area (Å²) in [7, 11) is 0. The molecule has 0 aliphatic carbocycles. The number of piperazine rings is 1. The number of carbonyl (C=O) groups excluding carboxylic acids is 3. The molecule has 0 bridgehead atoms. The first-order valence-electron chi connectivity index (χ1n) is 10.2. The molecule has 9 heteroatoms. The predicted octanol–water partition coefficient (Wildman–Crippen LogP) is 3.37. The van der Waals surface area contributed by atoms with Crippen LogP contribution in [-0.2, 0) is 25.5 Å². The Hall–Kier alpha value is -2.58. The van der Waals surface area contributed by atoms with Crippen LogP contribution in [0.3, 0.4) is 0 Å². The van der Waals surface area contributed by atoms with E-state index in [2.05, 4.69) is 21.2 Å². The molecule has 1 N–H and O–H groups in total. The van der Waals surface area contributed by atoms with Crippen LogP contribution >= 0.6 is 27.5 Å². The second-order valence-electron chi connectivity index (χ2n) is 7.33. The molecule has 2 aromatic rings. The number of nitrogens with zero attached hydrogens (tertiary/aromatic N) is 1. The second kappa shape index (κ2) is 11.3. The summed E-state index contributed by atoms with van der Waals surface area (Å²) in [6.07, 6.45) is -0.508. The maximum absolute atomic E-state index is 13.0. The molecule has 0 radical (unpaired) electrons. The van der Waals surface area contributed by atoms with Crippen LogP contribution in [0.4, 0.5) is 0 Å². The molecule has 170 valence electrons. The lowest BCUT2D eigenvalue weighted by Crippen LogP contribution is -2.60. The minimum absolute atomic E-state index is 0.204. The summed E-state index contributed by atoms with van der Waals surface area (Å²) in [6, 6.07) is 13.7. The number of amides is 2. The molecule has 1 aliphatic rings. The van der Waals surface area contributed by atoms with E-state index in [1.165, 1.54) is 4.90 Å². The highest BCUT2D eigenvalue weighted by Gasteiger charge is 2.37. The third kappa shape index (κ3) is 6.46. The van der Waals surface area contributed by atoms with Crippen LogP contribution in [0, 0.1) is 0 Å². The summed E-state index contributed by atoms with van der Waals surface area (Å²) in [6.45, 7) is 2.39. The Balaban J connectivity index is 1.59. The van der Waals surface area contributed by atoms with Gasteiger partial charge in [0.25, 0.3) is 5.91 Å². The van der Waals surface area contributed by atoms with Crippen molar-refractivity contribution in [2.24, 2.45) is 0 Å². The zero-order valence-electron chi connectivity index (χ0n) is 17.6. The van der Waals surface area contributed by atoms with Crippen molar-refractivity contribution in [1.82, 2.24) is 10.2 Å². The average Bonchev–Trinajstić information content (AvgIpc) is 2.77. The van der Waals surface area contributed by atoms with Crippen LogP contribution in [0.1, 0.15) is 18.9 Å². The van der Waals surface area contributed by atoms with E-state index in [9.17, 15) is 14.4 Å². The van der Waals surface area contributed by atoms with Gasteiger partial charge in [-0.15, -0.1) is 0 Å². The highest BCUT2D eigenvalue weighted by Crippen LogP contribution is 2.29. The predicted molar refractivity (Wildman–Crippen MR) is 123 cm³/mol. The topological polar surface area (TPSA) is 84.9 Å². The number of rotatable bonds is 8. The number of esters is 1. The lowest BCUT2D eigenvalue weighted by atomic mass is 10.1. The first kappa shape index (κ1) is 24.1. The van der Waals surface area contributed by atoms with Gasteiger partial charge < -0.3 is 19.7 Å². The van der Waals surface area contributed by atoms with E-state index in [4.69, 9.17) is 21.1 Å². The molecule has 1 fully saturated rings. The van der Waals surface area contributed by atoms with E-state index >= 15 is 0 Å². The van der Waals surface area contributed by atoms with Crippen molar-refractivity contribution in [3.05, 3.63) is 63.6 Å². The second-order valence-corrected chi connectivity index (χ2v) is 8.62. The van der Waals surface area contributed by atoms with E-state index in [0.29, 0.717) is 28.2 Å². The Labute approximate surface area is 200 Å². The Morgan fingerprint density at radius 1 is 1.25 bits per heavy atom. The van der Waals surface area contributed by atoms with E-state index in [1.807, 2.05) is 30.3 Å². The van der Waals surface area contributed by atoms with Crippen LogP contribution < -0.4 is 10.1 Å². The average molecular weight is 524 g/mol. The maximum atomic E-state index is 13.0. The van der Waals surface area contributed by atoms with Gasteiger partial charge in [0.05, 0.1) is 17.5 Å². The van der Waals surface area contributed by atoms with Gasteiger partial charge in [0.2, 0.25) is 5.91 Å². The smallest absolute Gasteiger partial charge is 0.308 e. The molecule has 7 nitrogen and oxygen atoms in total. The maximum Gasteiger partial charge on any atom is 0.308 e. The molecule has 0 saturated carbocycles. The van der Waals surface area contributed by atoms with E-state index in [0.717, 1.165) is 5.56 Å². The first-order chi connectivity index (χ1) is 15.3. The molecule has 0 aromatic heterocycles. The summed E-state index contributed by atoms with van der Waals surface area (Å²) in [5.74, 6) is -0.850. The minimum atomic E-state index is -0.944. The highest BCUT2D eigenvalue weighted by molar-refractivity contribution is 9.10. The number of nitrogens with one attached hydrogen (secondary N) is 1. The van der Waals surface area contributed by atoms with Gasteiger partial charge in [-0.2, -0.15) is 0 Å². The summed E-state index contributed by atoms with van der Waals surface area (Å²) < 4.78 is 11.7. The number of ether oxygens (including phenoxy) is 2. The summed E-state index contributed by atoms with van der Waals surface area (Å²) in [4.78, 5) is 39.2. The van der Waals surface area contributed by atoms with Gasteiger partial charge in [0.15, 0.2) is 6.10 Å². The van der Waals surface area contributed by atoms with Crippen LogP contribution in [0.2, 0.25) is 5.02 Å². The number of hydrogen-bond acceptors (Lipinski definition) is 5. The number of halogens is 2. The van der Waals surface area contributed by atoms with Crippen LogP contribution in [0.25, 0.3) is 0 Å². The Morgan fingerprint density at radius 2 is 2.00 bits per heavy atom. The number of hydrogen-bond donors (Lipinski definition) is 1. The fraction of sp³-hybridized carbons (Fsp3) is 0.348. The monoisotopic (exact) mass is 522 g/mol. The summed E-state index contributed by atoms with van der Waals surface area (Å²) >= 11 is 9.30. The van der Waals surface area contributed by atoms with Crippen molar-refractivity contribution in [1.29, 1.82) is 0 Å². The Bertz CT molecular complexity index is 972. The quantitative estimate of drug-likeness (QED) is 0.536. The molecule has 2 amide bonds. The van der Waals surface area contributed by atoms with Gasteiger partial charge in [-0.1, -0.05) is 41.9 Å². The van der Waals surface area contributed by atoms with Crippen LogP contribution in [0.15, 0.2) is 53.0 Å². The Kier molecular flexibility index (Phi) is 8.53. The van der Waals surface area contributed by atoms with Crippen molar-refractivity contribution >= 4 is 45.3 Å². The molecule has 1 saturated heterocycles. The lowest BCUT2D eigenvalue weighted by molar-refractivity contribution is -0.154. The normalized spacial score (nSPS) is 16.8. The van der Waals surface area contributed by atoms with Crippen molar-refractivity contribution in [2.75, 3.05) is 19.7 Å². The van der Waals surface area contributed by atoms with Gasteiger partial charge in [-0.3, -0.25) is 14.4 Å². The van der Waals surface area contributed by atoms with Gasteiger partial charge in [-0.25, -0.2) is 0 Å². The summed E-state index contributed by atoms with van der Waals surface area (Å²) in [5, 5.41) is 3.23. The highest BCUT2D eigenvalue weighted by atomic mass is 79.9. The van der Waals surface area contributed by atoms with Crippen molar-refractivity contribution in [2.45, 2.75) is 31.9 Å². The molecular formula is C23H24BrClN2O5. The van der Waals surface area contributed by atoms with Crippen molar-refractivity contribution in [3.63, 3.8) is 0 Å². The van der Waals surface area contributed by atoms with Gasteiger partial charge in [0.1, 0.15) is 11.8 Å². The molecule has 3 rings (SSSR count). The van der Waals surface area contributed by atoms with E-state index in [1.54, 1.807) is 25.1 Å². The van der Waals surface area contributed by atoms with Gasteiger partial charge in [0, 0.05) is 24.5 Å². The number of benzene rings is 2. The summed E-state index contributed by atoms with van der Waals surface area (Å²) in [5.41, 5.74) is 1.05. The molecule has 2 unspecified atom stereocenters. The fourth-order valence-corrected chi connectivity index (χ4v) is 4.15. The molecule has 1 aliphatic heterocycles. The molecule has 2 aromatic carbocycles. The van der Waals surface area contributed by atoms with Crippen LogP contribution in [0.5, 0.6) is 5.75 Å². The third-order valence-corrected chi connectivity index (χ3v) is 5.87. The molecular weight excluding hydrogens is 500 g/mol. The Morgan fingerprint density at radius 3 is 2.72 bits per heavy atom. The third-order valence-electron chi connectivity index (χ3n) is 5.02. The lowest BCUT2D eigenvalue weighted by Gasteiger charge is -2.36. The standard InChI is InChI=1S/C23H24BrClN2O5/c1-15(32-20-8-7-17(25)13-18(20)24)23(30)27-11-10-26-22(29)19(27)14-21(28)31-12-9-16-5-3-2-4-6-16/h2-8,13,15,19H,9-12,14H2,1H3,(H,26,29). The minimum Gasteiger partial charge on any atom is -0.480 e. The molecule has 0 spiro atoms. The van der Waals surface area contributed by atoms with E-state index < -0.39 is 18.1 Å². The fourth-order valence-electron chi connectivity index (χ4n) is 3.37. The zero-order chi connectivity index (χ0) is 23.1.